The summed E-state index contributed by atoms with van der Waals surface area (Å²) < 4.78 is 39.7. The van der Waals surface area contributed by atoms with Crippen molar-refractivity contribution < 1.29 is 23.1 Å². The highest BCUT2D eigenvalue weighted by Gasteiger charge is 2.36. The number of hydrogen-bond donors (Lipinski definition) is 1. The normalized spacial score (nSPS) is 11.8. The largest absolute Gasteiger partial charge is 0.418 e. The molecule has 3 nitrogen and oxygen atoms in total. The molecule has 0 heterocycles. The van der Waals surface area contributed by atoms with E-state index in [-0.39, 0.29) is 30.4 Å². The Morgan fingerprint density at radius 3 is 2.33 bits per heavy atom. The van der Waals surface area contributed by atoms with Crippen LogP contribution in [0.1, 0.15) is 42.6 Å². The number of aliphatic hydroxyl groups is 1. The molecule has 1 aromatic carbocycles. The minimum atomic E-state index is -4.55. The molecule has 1 rings (SSSR count). The van der Waals surface area contributed by atoms with Gasteiger partial charge in [0.1, 0.15) is 6.29 Å². The molecule has 0 aliphatic rings. The topological polar surface area (TPSA) is 40.5 Å². The quantitative estimate of drug-likeness (QED) is 0.784. The maximum atomic E-state index is 13.2. The van der Waals surface area contributed by atoms with Crippen molar-refractivity contribution in [1.29, 1.82) is 0 Å². The van der Waals surface area contributed by atoms with Crippen molar-refractivity contribution in [2.45, 2.75) is 38.9 Å². The van der Waals surface area contributed by atoms with Crippen molar-refractivity contribution in [1.82, 2.24) is 0 Å². The Morgan fingerprint density at radius 2 is 1.90 bits per heavy atom. The van der Waals surface area contributed by atoms with Crippen LogP contribution in [0.2, 0.25) is 0 Å². The van der Waals surface area contributed by atoms with Gasteiger partial charge in [-0.3, -0.25) is 4.79 Å². The van der Waals surface area contributed by atoms with Gasteiger partial charge in [-0.1, -0.05) is 13.8 Å². The molecule has 0 fully saturated rings. The van der Waals surface area contributed by atoms with Gasteiger partial charge in [0.2, 0.25) is 0 Å². The lowest BCUT2D eigenvalue weighted by molar-refractivity contribution is -0.137. The smallest absolute Gasteiger partial charge is 0.395 e. The van der Waals surface area contributed by atoms with Gasteiger partial charge in [-0.2, -0.15) is 13.2 Å². The zero-order valence-corrected chi connectivity index (χ0v) is 12.2. The molecule has 0 saturated carbocycles. The van der Waals surface area contributed by atoms with E-state index in [1.54, 1.807) is 4.90 Å². The molecule has 0 saturated heterocycles. The van der Waals surface area contributed by atoms with Crippen LogP contribution in [-0.4, -0.2) is 30.6 Å². The second-order valence-corrected chi connectivity index (χ2v) is 4.78. The zero-order valence-electron chi connectivity index (χ0n) is 12.2. The van der Waals surface area contributed by atoms with Crippen LogP contribution in [0.5, 0.6) is 0 Å². The molecule has 6 heteroatoms. The zero-order chi connectivity index (χ0) is 16.0. The number of anilines is 1. The van der Waals surface area contributed by atoms with Crippen molar-refractivity contribution in [2.24, 2.45) is 0 Å². The van der Waals surface area contributed by atoms with E-state index in [0.717, 1.165) is 6.07 Å². The van der Waals surface area contributed by atoms with E-state index in [0.29, 0.717) is 19.1 Å². The average Bonchev–Trinajstić information content (AvgIpc) is 2.46. The Kier molecular flexibility index (Phi) is 6.20. The van der Waals surface area contributed by atoms with Crippen LogP contribution in [0.25, 0.3) is 0 Å². The molecule has 1 aromatic rings. The second kappa shape index (κ2) is 7.45. The van der Waals surface area contributed by atoms with E-state index in [9.17, 15) is 18.0 Å². The molecular formula is C15H20F3NO2. The molecule has 0 atom stereocenters. The average molecular weight is 303 g/mol. The number of nitrogens with zero attached hydrogens (tertiary/aromatic N) is 1. The van der Waals surface area contributed by atoms with E-state index in [4.69, 9.17) is 5.11 Å². The Bertz CT molecular complexity index is 470. The maximum absolute atomic E-state index is 13.2. The Hall–Kier alpha value is -1.56. The van der Waals surface area contributed by atoms with Crippen LogP contribution in [-0.2, 0) is 6.18 Å². The Balaban J connectivity index is 3.39. The lowest BCUT2D eigenvalue weighted by Gasteiger charge is -2.34. The number of aldehydes is 1. The van der Waals surface area contributed by atoms with Crippen molar-refractivity contribution in [3.8, 4) is 0 Å². The second-order valence-electron chi connectivity index (χ2n) is 4.78. The fourth-order valence-corrected chi connectivity index (χ4v) is 2.44. The number of halogens is 3. The van der Waals surface area contributed by atoms with Gasteiger partial charge in [-0.25, -0.2) is 0 Å². The number of alkyl halides is 3. The summed E-state index contributed by atoms with van der Waals surface area (Å²) in [5.41, 5.74) is -0.845. The lowest BCUT2D eigenvalue weighted by atomic mass is 10.0. The maximum Gasteiger partial charge on any atom is 0.418 e. The van der Waals surface area contributed by atoms with Crippen molar-refractivity contribution in [3.63, 3.8) is 0 Å². The Labute approximate surface area is 122 Å². The first-order valence-corrected chi connectivity index (χ1v) is 6.92. The van der Waals surface area contributed by atoms with Crippen LogP contribution in [0.3, 0.4) is 0 Å². The van der Waals surface area contributed by atoms with Crippen LogP contribution in [0, 0.1) is 0 Å². The molecule has 0 spiro atoms. The van der Waals surface area contributed by atoms with Gasteiger partial charge < -0.3 is 10.0 Å². The molecule has 0 aliphatic heterocycles. The molecule has 0 aliphatic carbocycles. The van der Waals surface area contributed by atoms with Crippen LogP contribution in [0.15, 0.2) is 18.2 Å². The van der Waals surface area contributed by atoms with Crippen LogP contribution in [0.4, 0.5) is 18.9 Å². The fourth-order valence-electron chi connectivity index (χ4n) is 2.44. The summed E-state index contributed by atoms with van der Waals surface area (Å²) in [4.78, 5) is 12.3. The highest BCUT2D eigenvalue weighted by atomic mass is 19.4. The number of rotatable bonds is 7. The van der Waals surface area contributed by atoms with E-state index < -0.39 is 11.7 Å². The van der Waals surface area contributed by atoms with Gasteiger partial charge >= 0.3 is 6.18 Å². The van der Waals surface area contributed by atoms with Gasteiger partial charge in [0, 0.05) is 23.8 Å². The molecule has 118 valence electrons. The number of hydrogen-bond acceptors (Lipinski definition) is 3. The van der Waals surface area contributed by atoms with Crippen molar-refractivity contribution in [3.05, 3.63) is 29.3 Å². The summed E-state index contributed by atoms with van der Waals surface area (Å²) in [5, 5.41) is 9.15. The SMILES string of the molecule is CCC(CC)N(CCO)c1ccc(C=O)cc1C(F)(F)F. The molecule has 1 N–H and O–H groups in total. The summed E-state index contributed by atoms with van der Waals surface area (Å²) in [5.74, 6) is 0. The van der Waals surface area contributed by atoms with Gasteiger partial charge in [-0.15, -0.1) is 0 Å². The van der Waals surface area contributed by atoms with Gasteiger partial charge in [0.15, 0.2) is 0 Å². The summed E-state index contributed by atoms with van der Waals surface area (Å²) >= 11 is 0. The molecule has 0 radical (unpaired) electrons. The molecule has 0 aromatic heterocycles. The first-order chi connectivity index (χ1) is 9.88. The summed E-state index contributed by atoms with van der Waals surface area (Å²) in [6.07, 6.45) is -2.81. The fraction of sp³-hybridized carbons (Fsp3) is 0.533. The van der Waals surface area contributed by atoms with Gasteiger partial charge in [-0.05, 0) is 31.0 Å². The minimum absolute atomic E-state index is 0.0100. The molecule has 0 bridgehead atoms. The van der Waals surface area contributed by atoms with Gasteiger partial charge in [0.25, 0.3) is 0 Å². The first kappa shape index (κ1) is 17.5. The minimum Gasteiger partial charge on any atom is -0.395 e. The van der Waals surface area contributed by atoms with Crippen molar-refractivity contribution >= 4 is 12.0 Å². The van der Waals surface area contributed by atoms with E-state index in [2.05, 4.69) is 0 Å². The summed E-state index contributed by atoms with van der Waals surface area (Å²) in [6, 6.07) is 3.43. The number of aliphatic hydroxyl groups excluding tert-OH is 1. The molecule has 0 amide bonds. The van der Waals surface area contributed by atoms with Crippen molar-refractivity contribution in [2.75, 3.05) is 18.1 Å². The molecular weight excluding hydrogens is 283 g/mol. The standard InChI is InChI=1S/C15H20F3NO2/c1-3-12(4-2)19(7-8-20)14-6-5-11(10-21)9-13(14)15(16,17)18/h5-6,9-10,12,20H,3-4,7-8H2,1-2H3. The van der Waals surface area contributed by atoms with Crippen LogP contribution < -0.4 is 4.90 Å². The highest BCUT2D eigenvalue weighted by molar-refractivity contribution is 5.77. The number of carbonyl (C=O) groups is 1. The first-order valence-electron chi connectivity index (χ1n) is 6.92. The third kappa shape index (κ3) is 4.20. The van der Waals surface area contributed by atoms with E-state index in [1.165, 1.54) is 12.1 Å². The monoisotopic (exact) mass is 303 g/mol. The highest BCUT2D eigenvalue weighted by Crippen LogP contribution is 2.38. The Morgan fingerprint density at radius 1 is 1.29 bits per heavy atom. The van der Waals surface area contributed by atoms with E-state index >= 15 is 0 Å². The van der Waals surface area contributed by atoms with E-state index in [1.807, 2.05) is 13.8 Å². The summed E-state index contributed by atoms with van der Waals surface area (Å²) in [7, 11) is 0. The predicted octanol–water partition coefficient (Wildman–Crippen LogP) is 3.51. The van der Waals surface area contributed by atoms with Gasteiger partial charge in [0.05, 0.1) is 12.2 Å². The molecule has 0 unspecified atom stereocenters. The third-order valence-corrected chi connectivity index (χ3v) is 3.50. The predicted molar refractivity (Wildman–Crippen MR) is 75.6 cm³/mol. The lowest BCUT2D eigenvalue weighted by Crippen LogP contribution is -2.38. The summed E-state index contributed by atoms with van der Waals surface area (Å²) in [6.45, 7) is 3.68. The third-order valence-electron chi connectivity index (χ3n) is 3.50. The number of carbonyl (C=O) groups excluding carboxylic acids is 1. The molecule has 21 heavy (non-hydrogen) atoms. The number of benzene rings is 1. The van der Waals surface area contributed by atoms with Crippen LogP contribution >= 0.6 is 0 Å².